The summed E-state index contributed by atoms with van der Waals surface area (Å²) in [4.78, 5) is 23.3. The van der Waals surface area contributed by atoms with Crippen LogP contribution in [0.4, 0.5) is 0 Å². The molecular weight excluding hydrogens is 278 g/mol. The topological polar surface area (TPSA) is 66.4 Å². The molecule has 1 saturated carbocycles. The van der Waals surface area contributed by atoms with Crippen molar-refractivity contribution < 1.29 is 14.7 Å². The van der Waals surface area contributed by atoms with E-state index in [0.717, 1.165) is 18.4 Å². The van der Waals surface area contributed by atoms with Gasteiger partial charge in [0, 0.05) is 12.5 Å². The second-order valence-electron chi connectivity index (χ2n) is 6.51. The lowest BCUT2D eigenvalue weighted by atomic mass is 9.81. The molecule has 0 bridgehead atoms. The summed E-state index contributed by atoms with van der Waals surface area (Å²) >= 11 is 0. The number of rotatable bonds is 5. The predicted octanol–water partition coefficient (Wildman–Crippen LogP) is 3.32. The molecule has 120 valence electrons. The number of carbonyl (C=O) groups excluding carboxylic acids is 1. The van der Waals surface area contributed by atoms with Gasteiger partial charge in [-0.3, -0.25) is 9.59 Å². The van der Waals surface area contributed by atoms with Gasteiger partial charge in [0.05, 0.1) is 5.92 Å². The maximum atomic E-state index is 12.2. The molecule has 4 heteroatoms. The van der Waals surface area contributed by atoms with Gasteiger partial charge in [-0.15, -0.1) is 0 Å². The third kappa shape index (κ3) is 4.33. The minimum atomic E-state index is -0.776. The SMILES string of the molecule is CC(C)c1ccc(CNC(=O)C2CCCC(C(=O)O)C2)cc1. The Hall–Kier alpha value is -1.84. The normalized spacial score (nSPS) is 21.6. The van der Waals surface area contributed by atoms with Crippen molar-refractivity contribution in [2.75, 3.05) is 0 Å². The number of aliphatic carboxylic acids is 1. The van der Waals surface area contributed by atoms with E-state index in [1.807, 2.05) is 12.1 Å². The van der Waals surface area contributed by atoms with Gasteiger partial charge in [-0.25, -0.2) is 0 Å². The Bertz CT molecular complexity index is 522. The molecule has 2 N–H and O–H groups in total. The highest BCUT2D eigenvalue weighted by atomic mass is 16.4. The second-order valence-corrected chi connectivity index (χ2v) is 6.51. The maximum absolute atomic E-state index is 12.2. The van der Waals surface area contributed by atoms with Gasteiger partial charge in [0.1, 0.15) is 0 Å². The van der Waals surface area contributed by atoms with E-state index in [2.05, 4.69) is 31.3 Å². The zero-order valence-electron chi connectivity index (χ0n) is 13.3. The van der Waals surface area contributed by atoms with Crippen LogP contribution in [-0.4, -0.2) is 17.0 Å². The molecule has 2 rings (SSSR count). The summed E-state index contributed by atoms with van der Waals surface area (Å²) in [5, 5.41) is 12.0. The van der Waals surface area contributed by atoms with Crippen molar-refractivity contribution in [3.05, 3.63) is 35.4 Å². The fourth-order valence-electron chi connectivity index (χ4n) is 3.01. The molecule has 22 heavy (non-hydrogen) atoms. The van der Waals surface area contributed by atoms with Crippen LogP contribution in [0.2, 0.25) is 0 Å². The summed E-state index contributed by atoms with van der Waals surface area (Å²) in [5.74, 6) is -0.820. The van der Waals surface area contributed by atoms with E-state index in [4.69, 9.17) is 5.11 Å². The molecule has 2 unspecified atom stereocenters. The number of nitrogens with one attached hydrogen (secondary N) is 1. The van der Waals surface area contributed by atoms with Crippen LogP contribution >= 0.6 is 0 Å². The summed E-state index contributed by atoms with van der Waals surface area (Å²) in [5.41, 5.74) is 2.36. The van der Waals surface area contributed by atoms with E-state index in [9.17, 15) is 9.59 Å². The van der Waals surface area contributed by atoms with E-state index < -0.39 is 5.97 Å². The molecule has 0 aromatic heterocycles. The third-order valence-corrected chi connectivity index (χ3v) is 4.51. The molecule has 0 spiro atoms. The van der Waals surface area contributed by atoms with E-state index in [1.54, 1.807) is 0 Å². The number of carboxylic acids is 1. The van der Waals surface area contributed by atoms with Gasteiger partial charge < -0.3 is 10.4 Å². The highest BCUT2D eigenvalue weighted by molar-refractivity contribution is 5.80. The molecule has 0 saturated heterocycles. The van der Waals surface area contributed by atoms with Crippen molar-refractivity contribution in [3.8, 4) is 0 Å². The fourth-order valence-corrected chi connectivity index (χ4v) is 3.01. The smallest absolute Gasteiger partial charge is 0.306 e. The van der Waals surface area contributed by atoms with Crippen LogP contribution in [-0.2, 0) is 16.1 Å². The van der Waals surface area contributed by atoms with Crippen LogP contribution in [0.5, 0.6) is 0 Å². The van der Waals surface area contributed by atoms with Crippen LogP contribution in [0.25, 0.3) is 0 Å². The lowest BCUT2D eigenvalue weighted by Crippen LogP contribution is -2.35. The first-order valence-corrected chi connectivity index (χ1v) is 8.06. The molecule has 2 atom stereocenters. The lowest BCUT2D eigenvalue weighted by Gasteiger charge is -2.25. The van der Waals surface area contributed by atoms with Crippen LogP contribution in [0.15, 0.2) is 24.3 Å². The van der Waals surface area contributed by atoms with E-state index >= 15 is 0 Å². The molecule has 4 nitrogen and oxygen atoms in total. The summed E-state index contributed by atoms with van der Waals surface area (Å²) < 4.78 is 0. The monoisotopic (exact) mass is 303 g/mol. The molecule has 1 aromatic carbocycles. The highest BCUT2D eigenvalue weighted by Gasteiger charge is 2.30. The van der Waals surface area contributed by atoms with Crippen LogP contribution in [0.3, 0.4) is 0 Å². The van der Waals surface area contributed by atoms with E-state index in [0.29, 0.717) is 25.3 Å². The molecule has 1 aliphatic carbocycles. The molecule has 0 aliphatic heterocycles. The van der Waals surface area contributed by atoms with Crippen molar-refractivity contribution in [1.82, 2.24) is 5.32 Å². The number of benzene rings is 1. The Kier molecular flexibility index (Phi) is 5.58. The highest BCUT2D eigenvalue weighted by Crippen LogP contribution is 2.29. The standard InChI is InChI=1S/C18H25NO3/c1-12(2)14-8-6-13(7-9-14)11-19-17(20)15-4-3-5-16(10-15)18(21)22/h6-9,12,15-16H,3-5,10-11H2,1-2H3,(H,19,20)(H,21,22). The van der Waals surface area contributed by atoms with Gasteiger partial charge in [-0.2, -0.15) is 0 Å². The summed E-state index contributed by atoms with van der Waals surface area (Å²) in [6.07, 6.45) is 2.77. The average Bonchev–Trinajstić information content (AvgIpc) is 2.53. The molecule has 1 aromatic rings. The minimum absolute atomic E-state index is 0.0149. The van der Waals surface area contributed by atoms with Gasteiger partial charge in [0.15, 0.2) is 0 Å². The Balaban J connectivity index is 1.85. The molecular formula is C18H25NO3. The van der Waals surface area contributed by atoms with Crippen molar-refractivity contribution >= 4 is 11.9 Å². The Morgan fingerprint density at radius 3 is 2.41 bits per heavy atom. The molecule has 1 amide bonds. The van der Waals surface area contributed by atoms with E-state index in [-0.39, 0.29) is 17.7 Å². The zero-order valence-corrected chi connectivity index (χ0v) is 13.3. The Morgan fingerprint density at radius 2 is 1.82 bits per heavy atom. The number of hydrogen-bond donors (Lipinski definition) is 2. The molecule has 1 aliphatic rings. The third-order valence-electron chi connectivity index (χ3n) is 4.51. The quantitative estimate of drug-likeness (QED) is 0.877. The van der Waals surface area contributed by atoms with Gasteiger partial charge in [0.25, 0.3) is 0 Å². The van der Waals surface area contributed by atoms with Gasteiger partial charge in [0.2, 0.25) is 5.91 Å². The van der Waals surface area contributed by atoms with Gasteiger partial charge in [-0.05, 0) is 36.3 Å². The van der Waals surface area contributed by atoms with Gasteiger partial charge in [-0.1, -0.05) is 44.5 Å². The number of hydrogen-bond acceptors (Lipinski definition) is 2. The lowest BCUT2D eigenvalue weighted by molar-refractivity contribution is -0.144. The molecule has 0 radical (unpaired) electrons. The van der Waals surface area contributed by atoms with Gasteiger partial charge >= 0.3 is 5.97 Å². The van der Waals surface area contributed by atoms with Crippen molar-refractivity contribution in [2.24, 2.45) is 11.8 Å². The first-order chi connectivity index (χ1) is 10.5. The van der Waals surface area contributed by atoms with Crippen LogP contribution in [0.1, 0.15) is 56.6 Å². The first kappa shape index (κ1) is 16.5. The Labute approximate surface area is 131 Å². The zero-order chi connectivity index (χ0) is 16.1. The Morgan fingerprint density at radius 1 is 1.18 bits per heavy atom. The number of carboxylic acid groups (broad SMARTS) is 1. The van der Waals surface area contributed by atoms with Crippen molar-refractivity contribution in [3.63, 3.8) is 0 Å². The predicted molar refractivity (Wildman–Crippen MR) is 85.5 cm³/mol. The summed E-state index contributed by atoms with van der Waals surface area (Å²) in [7, 11) is 0. The second kappa shape index (κ2) is 7.43. The maximum Gasteiger partial charge on any atom is 0.306 e. The van der Waals surface area contributed by atoms with E-state index in [1.165, 1.54) is 5.56 Å². The summed E-state index contributed by atoms with van der Waals surface area (Å²) in [6, 6.07) is 8.26. The average molecular weight is 303 g/mol. The number of amides is 1. The minimum Gasteiger partial charge on any atom is -0.481 e. The molecule has 0 heterocycles. The van der Waals surface area contributed by atoms with Crippen LogP contribution in [0, 0.1) is 11.8 Å². The van der Waals surface area contributed by atoms with Crippen LogP contribution < -0.4 is 5.32 Å². The van der Waals surface area contributed by atoms with Crippen molar-refractivity contribution in [2.45, 2.75) is 52.0 Å². The fraction of sp³-hybridized carbons (Fsp3) is 0.556. The van der Waals surface area contributed by atoms with Crippen molar-refractivity contribution in [1.29, 1.82) is 0 Å². The molecule has 1 fully saturated rings. The largest absolute Gasteiger partial charge is 0.481 e. The summed E-state index contributed by atoms with van der Waals surface area (Å²) in [6.45, 7) is 4.81. The first-order valence-electron chi connectivity index (χ1n) is 8.06. The number of carbonyl (C=O) groups is 2.